The van der Waals surface area contributed by atoms with Crippen molar-refractivity contribution in [3.63, 3.8) is 0 Å². The fraction of sp³-hybridized carbons (Fsp3) is 0.683. The van der Waals surface area contributed by atoms with Gasteiger partial charge in [-0.2, -0.15) is 0 Å². The van der Waals surface area contributed by atoms with Crippen molar-refractivity contribution in [2.75, 3.05) is 78.7 Å². The molecule has 17 heteroatoms. The van der Waals surface area contributed by atoms with Crippen molar-refractivity contribution in [2.45, 2.75) is 105 Å². The van der Waals surface area contributed by atoms with Crippen LogP contribution >= 0.6 is 22.6 Å². The summed E-state index contributed by atoms with van der Waals surface area (Å²) in [6.07, 6.45) is 2.88. The highest BCUT2D eigenvalue weighted by Crippen LogP contribution is 2.30. The molecule has 2 fully saturated rings. The van der Waals surface area contributed by atoms with Gasteiger partial charge in [0.25, 0.3) is 0 Å². The zero-order chi connectivity index (χ0) is 42.8. The van der Waals surface area contributed by atoms with E-state index < -0.39 is 60.0 Å². The molecule has 3 rings (SSSR count). The van der Waals surface area contributed by atoms with Crippen LogP contribution in [0.4, 0.5) is 14.4 Å². The van der Waals surface area contributed by atoms with E-state index in [2.05, 4.69) is 22.6 Å². The third-order valence-electron chi connectivity index (χ3n) is 9.60. The SMILES string of the molecule is CCCCOC(=O)N1CCN(C(=O)OCCCC)CCN(C(C(=O)OC(C)(C)C)c2cc(C(=O)CN3C(=O)CCC3=O)ccc2I)CCN(C(=O)OCCCC)CC1. The first-order valence-corrected chi connectivity index (χ1v) is 21.6. The zero-order valence-electron chi connectivity index (χ0n) is 35.1. The van der Waals surface area contributed by atoms with Crippen LogP contribution in [0.25, 0.3) is 0 Å². The highest BCUT2D eigenvalue weighted by molar-refractivity contribution is 14.1. The van der Waals surface area contributed by atoms with E-state index in [1.165, 1.54) is 14.7 Å². The standard InChI is InChI=1S/C41H62IN5O11/c1-7-10-25-55-38(52)44-19-17-43(18-20-45(39(53)56-26-11-8-2)22-24-46(23-21-44)40(54)57-27-12-9-3)36(37(51)58-41(4,5)6)31-28-30(13-14-32(31)42)33(48)29-47-34(49)15-16-35(47)50/h13-14,28,36H,7-12,15-27,29H2,1-6H3. The minimum absolute atomic E-state index is 0.0487. The van der Waals surface area contributed by atoms with E-state index in [4.69, 9.17) is 18.9 Å². The Bertz CT molecular complexity index is 1530. The van der Waals surface area contributed by atoms with Gasteiger partial charge in [0.2, 0.25) is 11.8 Å². The maximum Gasteiger partial charge on any atom is 0.409 e. The molecule has 16 nitrogen and oxygen atoms in total. The Morgan fingerprint density at radius 2 is 1.09 bits per heavy atom. The monoisotopic (exact) mass is 927 g/mol. The van der Waals surface area contributed by atoms with Crippen molar-refractivity contribution in [1.82, 2.24) is 24.5 Å². The van der Waals surface area contributed by atoms with E-state index in [0.717, 1.165) is 24.2 Å². The predicted octanol–water partition coefficient (Wildman–Crippen LogP) is 6.04. The van der Waals surface area contributed by atoms with Crippen molar-refractivity contribution < 1.29 is 52.5 Å². The van der Waals surface area contributed by atoms with Gasteiger partial charge in [-0.15, -0.1) is 0 Å². The number of imide groups is 1. The van der Waals surface area contributed by atoms with Crippen LogP contribution in [0.2, 0.25) is 0 Å². The number of rotatable bonds is 15. The lowest BCUT2D eigenvalue weighted by Gasteiger charge is -2.37. The molecule has 1 aromatic rings. The van der Waals surface area contributed by atoms with E-state index >= 15 is 0 Å². The smallest absolute Gasteiger partial charge is 0.409 e. The second-order valence-electron chi connectivity index (χ2n) is 15.4. The molecule has 2 aliphatic rings. The molecule has 0 bridgehead atoms. The maximum absolute atomic E-state index is 14.4. The fourth-order valence-electron chi connectivity index (χ4n) is 6.21. The quantitative estimate of drug-likeness (QED) is 0.0500. The van der Waals surface area contributed by atoms with Crippen LogP contribution in [0.5, 0.6) is 0 Å². The van der Waals surface area contributed by atoms with Crippen molar-refractivity contribution >= 4 is 64.4 Å². The summed E-state index contributed by atoms with van der Waals surface area (Å²) in [5.74, 6) is -1.93. The van der Waals surface area contributed by atoms with E-state index in [0.29, 0.717) is 28.4 Å². The number of carbonyl (C=O) groups excluding carboxylic acids is 7. The largest absolute Gasteiger partial charge is 0.459 e. The van der Waals surface area contributed by atoms with Crippen LogP contribution < -0.4 is 0 Å². The summed E-state index contributed by atoms with van der Waals surface area (Å²) < 4.78 is 23.4. The average Bonchev–Trinajstić information content (AvgIpc) is 3.48. The number of carbonyl (C=O) groups is 7. The van der Waals surface area contributed by atoms with Gasteiger partial charge in [0, 0.05) is 74.3 Å². The molecule has 1 unspecified atom stereocenters. The number of Topliss-reactive ketones (excluding diaryl/α,β-unsaturated/α-hetero) is 1. The Morgan fingerprint density at radius 1 is 0.672 bits per heavy atom. The number of benzene rings is 1. The number of nitrogens with zero attached hydrogens (tertiary/aromatic N) is 5. The van der Waals surface area contributed by atoms with Crippen LogP contribution in [0.1, 0.15) is 115 Å². The number of hydrogen-bond donors (Lipinski definition) is 0. The highest BCUT2D eigenvalue weighted by atomic mass is 127. The van der Waals surface area contributed by atoms with Gasteiger partial charge < -0.3 is 33.6 Å². The summed E-state index contributed by atoms with van der Waals surface area (Å²) in [5.41, 5.74) is -0.280. The molecule has 0 aliphatic carbocycles. The molecule has 0 aromatic heterocycles. The van der Waals surface area contributed by atoms with Crippen molar-refractivity contribution in [3.05, 3.63) is 32.9 Å². The molecule has 0 spiro atoms. The van der Waals surface area contributed by atoms with E-state index in [1.807, 2.05) is 25.7 Å². The van der Waals surface area contributed by atoms with E-state index in [9.17, 15) is 33.6 Å². The van der Waals surface area contributed by atoms with Crippen molar-refractivity contribution in [2.24, 2.45) is 0 Å². The lowest BCUT2D eigenvalue weighted by Crippen LogP contribution is -2.51. The third kappa shape index (κ3) is 15.3. The molecule has 5 amide bonds. The molecule has 2 heterocycles. The first-order chi connectivity index (χ1) is 27.6. The van der Waals surface area contributed by atoms with Crippen molar-refractivity contribution in [1.29, 1.82) is 0 Å². The van der Waals surface area contributed by atoms with Gasteiger partial charge in [-0.25, -0.2) is 19.2 Å². The van der Waals surface area contributed by atoms with Crippen LogP contribution in [0.3, 0.4) is 0 Å². The van der Waals surface area contributed by atoms with Gasteiger partial charge in [-0.3, -0.25) is 24.2 Å². The summed E-state index contributed by atoms with van der Waals surface area (Å²) in [6, 6.07) is 3.73. The zero-order valence-corrected chi connectivity index (χ0v) is 37.2. The lowest BCUT2D eigenvalue weighted by molar-refractivity contribution is -0.162. The number of hydrogen-bond acceptors (Lipinski definition) is 12. The first-order valence-electron chi connectivity index (χ1n) is 20.5. The van der Waals surface area contributed by atoms with Crippen LogP contribution in [0, 0.1) is 3.57 Å². The van der Waals surface area contributed by atoms with Gasteiger partial charge in [0.15, 0.2) is 5.78 Å². The van der Waals surface area contributed by atoms with Gasteiger partial charge in [0.05, 0.1) is 26.4 Å². The molecule has 0 N–H and O–H groups in total. The second-order valence-corrected chi connectivity index (χ2v) is 16.5. The number of amides is 5. The number of esters is 1. The van der Waals surface area contributed by atoms with Gasteiger partial charge in [-0.1, -0.05) is 46.1 Å². The van der Waals surface area contributed by atoms with Gasteiger partial charge >= 0.3 is 24.2 Å². The summed E-state index contributed by atoms with van der Waals surface area (Å²) in [5, 5.41) is 0. The fourth-order valence-corrected chi connectivity index (χ4v) is 6.84. The molecule has 1 atom stereocenters. The topological polar surface area (TPSA) is 173 Å². The molecule has 1 aromatic carbocycles. The molecule has 324 valence electrons. The summed E-state index contributed by atoms with van der Waals surface area (Å²) in [7, 11) is 0. The molecule has 0 radical (unpaired) electrons. The molecule has 2 saturated heterocycles. The van der Waals surface area contributed by atoms with Crippen LogP contribution in [0.15, 0.2) is 18.2 Å². The maximum atomic E-state index is 14.4. The van der Waals surface area contributed by atoms with Gasteiger partial charge in [0.1, 0.15) is 11.6 Å². The summed E-state index contributed by atoms with van der Waals surface area (Å²) in [4.78, 5) is 100. The minimum atomic E-state index is -1.13. The third-order valence-corrected chi connectivity index (χ3v) is 10.6. The van der Waals surface area contributed by atoms with E-state index in [-0.39, 0.29) is 90.6 Å². The Balaban J connectivity index is 2.10. The number of halogens is 1. The highest BCUT2D eigenvalue weighted by Gasteiger charge is 2.36. The average molecular weight is 928 g/mol. The summed E-state index contributed by atoms with van der Waals surface area (Å²) >= 11 is 2.09. The van der Waals surface area contributed by atoms with E-state index in [1.54, 1.807) is 39.0 Å². The van der Waals surface area contributed by atoms with Crippen molar-refractivity contribution in [3.8, 4) is 0 Å². The Labute approximate surface area is 356 Å². The summed E-state index contributed by atoms with van der Waals surface area (Å²) in [6.45, 7) is 12.1. The molecule has 2 aliphatic heterocycles. The van der Waals surface area contributed by atoms with Crippen LogP contribution in [-0.4, -0.2) is 151 Å². The number of ketones is 1. The molecular weight excluding hydrogens is 865 g/mol. The van der Waals surface area contributed by atoms with Gasteiger partial charge in [-0.05, 0) is 80.3 Å². The Hall–Kier alpha value is -4.00. The number of ether oxygens (including phenoxy) is 4. The second kappa shape index (κ2) is 24.2. The molecule has 58 heavy (non-hydrogen) atoms. The first kappa shape index (κ1) is 48.4. The lowest BCUT2D eigenvalue weighted by atomic mass is 9.99. The predicted molar refractivity (Wildman–Crippen MR) is 223 cm³/mol. The number of likely N-dealkylation sites (tertiary alicyclic amines) is 1. The number of unbranched alkanes of at least 4 members (excludes halogenated alkanes) is 3. The Kier molecular flexibility index (Phi) is 20.2. The van der Waals surface area contributed by atoms with Crippen LogP contribution in [-0.2, 0) is 33.3 Å². The normalized spacial score (nSPS) is 16.7. The Morgan fingerprint density at radius 3 is 1.48 bits per heavy atom. The molecular formula is C41H62IN5O11. The minimum Gasteiger partial charge on any atom is -0.459 e. The molecule has 0 saturated carbocycles.